The van der Waals surface area contributed by atoms with E-state index in [9.17, 15) is 0 Å². The lowest BCUT2D eigenvalue weighted by molar-refractivity contribution is 0.245. The van der Waals surface area contributed by atoms with E-state index >= 15 is 0 Å². The number of aliphatic hydroxyl groups is 1. The second-order valence-electron chi connectivity index (χ2n) is 3.65. The van der Waals surface area contributed by atoms with Crippen LogP contribution in [0.5, 0.6) is 0 Å². The van der Waals surface area contributed by atoms with Crippen molar-refractivity contribution >= 4 is 12.2 Å². The highest BCUT2D eigenvalue weighted by Crippen LogP contribution is 2.28. The summed E-state index contributed by atoms with van der Waals surface area (Å²) in [7, 11) is 0. The zero-order valence-electron chi connectivity index (χ0n) is 7.49. The first-order valence-electron chi connectivity index (χ1n) is 4.69. The van der Waals surface area contributed by atoms with Crippen molar-refractivity contribution in [3.63, 3.8) is 0 Å². The van der Waals surface area contributed by atoms with Gasteiger partial charge in [-0.1, -0.05) is 6.42 Å². The molecular formula is C9H14N2OS. The average Bonchev–Trinajstić information content (AvgIpc) is 2.39. The summed E-state index contributed by atoms with van der Waals surface area (Å²) in [5.74, 6) is 0.771. The Morgan fingerprint density at radius 1 is 1.62 bits per heavy atom. The minimum Gasteiger partial charge on any atom is -0.390 e. The Labute approximate surface area is 82.4 Å². The normalized spacial score (nSPS) is 17.3. The summed E-state index contributed by atoms with van der Waals surface area (Å²) in [4.78, 5) is 2.96. The maximum atomic E-state index is 9.05. The molecule has 0 saturated heterocycles. The van der Waals surface area contributed by atoms with E-state index in [0.29, 0.717) is 0 Å². The molecule has 4 heteroatoms. The minimum absolute atomic E-state index is 0.0693. The summed E-state index contributed by atoms with van der Waals surface area (Å²) in [5.41, 5.74) is 0.900. The van der Waals surface area contributed by atoms with Crippen molar-refractivity contribution in [2.75, 3.05) is 0 Å². The van der Waals surface area contributed by atoms with Crippen LogP contribution in [0.4, 0.5) is 0 Å². The third-order valence-electron chi connectivity index (χ3n) is 2.78. The molecular weight excluding hydrogens is 184 g/mol. The molecule has 0 unspecified atom stereocenters. The number of aromatic amines is 1. The zero-order chi connectivity index (χ0) is 9.26. The number of H-pyrrole nitrogens is 1. The van der Waals surface area contributed by atoms with E-state index < -0.39 is 0 Å². The minimum atomic E-state index is 0.0693. The Kier molecular flexibility index (Phi) is 2.51. The van der Waals surface area contributed by atoms with Crippen molar-refractivity contribution in [1.82, 2.24) is 9.55 Å². The van der Waals surface area contributed by atoms with Crippen LogP contribution in [-0.2, 0) is 13.2 Å². The van der Waals surface area contributed by atoms with Gasteiger partial charge in [-0.05, 0) is 31.0 Å². The van der Waals surface area contributed by atoms with Gasteiger partial charge in [0.05, 0.1) is 12.3 Å². The molecule has 2 rings (SSSR count). The first-order valence-corrected chi connectivity index (χ1v) is 5.10. The molecule has 1 aromatic heterocycles. The van der Waals surface area contributed by atoms with Crippen LogP contribution >= 0.6 is 12.2 Å². The van der Waals surface area contributed by atoms with Gasteiger partial charge in [0, 0.05) is 12.7 Å². The summed E-state index contributed by atoms with van der Waals surface area (Å²) >= 11 is 5.13. The van der Waals surface area contributed by atoms with Gasteiger partial charge in [-0.2, -0.15) is 0 Å². The summed E-state index contributed by atoms with van der Waals surface area (Å²) in [6.07, 6.45) is 5.74. The lowest BCUT2D eigenvalue weighted by Gasteiger charge is -2.26. The number of rotatable bonds is 3. The molecule has 1 aliphatic carbocycles. The van der Waals surface area contributed by atoms with Crippen LogP contribution in [0.25, 0.3) is 0 Å². The van der Waals surface area contributed by atoms with Crippen molar-refractivity contribution in [2.24, 2.45) is 5.92 Å². The summed E-state index contributed by atoms with van der Waals surface area (Å²) < 4.78 is 2.75. The lowest BCUT2D eigenvalue weighted by atomic mass is 9.85. The van der Waals surface area contributed by atoms with E-state index in [4.69, 9.17) is 17.3 Å². The highest BCUT2D eigenvalue weighted by atomic mass is 32.1. The van der Waals surface area contributed by atoms with E-state index in [0.717, 1.165) is 22.9 Å². The first kappa shape index (κ1) is 8.97. The predicted molar refractivity (Wildman–Crippen MR) is 52.9 cm³/mol. The Balaban J connectivity index is 2.16. The van der Waals surface area contributed by atoms with Gasteiger partial charge in [-0.25, -0.2) is 0 Å². The molecule has 2 N–H and O–H groups in total. The van der Waals surface area contributed by atoms with Gasteiger partial charge in [0.1, 0.15) is 0 Å². The maximum Gasteiger partial charge on any atom is 0.177 e. The fourth-order valence-electron chi connectivity index (χ4n) is 1.70. The number of nitrogens with zero attached hydrogens (tertiary/aromatic N) is 1. The third kappa shape index (κ3) is 1.69. The predicted octanol–water partition coefficient (Wildman–Crippen LogP) is 1.84. The summed E-state index contributed by atoms with van der Waals surface area (Å²) in [6, 6.07) is 0. The molecule has 1 saturated carbocycles. The van der Waals surface area contributed by atoms with Crippen LogP contribution in [0.1, 0.15) is 25.0 Å². The summed E-state index contributed by atoms with van der Waals surface area (Å²) in [5, 5.41) is 9.05. The topological polar surface area (TPSA) is 40.9 Å². The Morgan fingerprint density at radius 3 is 2.92 bits per heavy atom. The van der Waals surface area contributed by atoms with Crippen LogP contribution in [0, 0.1) is 10.7 Å². The average molecular weight is 198 g/mol. The van der Waals surface area contributed by atoms with Crippen molar-refractivity contribution in [2.45, 2.75) is 32.4 Å². The molecule has 0 aromatic carbocycles. The molecule has 3 nitrogen and oxygen atoms in total. The SMILES string of the molecule is OCc1c[nH]c(=S)n1CC1CCC1. The van der Waals surface area contributed by atoms with Crippen molar-refractivity contribution < 1.29 is 5.11 Å². The number of aliphatic hydroxyl groups excluding tert-OH is 1. The van der Waals surface area contributed by atoms with Gasteiger partial charge in [0.2, 0.25) is 0 Å². The van der Waals surface area contributed by atoms with Crippen LogP contribution in [0.15, 0.2) is 6.20 Å². The van der Waals surface area contributed by atoms with Gasteiger partial charge in [0.25, 0.3) is 0 Å². The fourth-order valence-corrected chi connectivity index (χ4v) is 1.95. The Hall–Kier alpha value is -0.610. The molecule has 1 aliphatic rings. The maximum absolute atomic E-state index is 9.05. The largest absolute Gasteiger partial charge is 0.390 e. The van der Waals surface area contributed by atoms with E-state index in [1.807, 2.05) is 4.57 Å². The van der Waals surface area contributed by atoms with Crippen LogP contribution in [0.3, 0.4) is 0 Å². The molecule has 0 amide bonds. The van der Waals surface area contributed by atoms with Gasteiger partial charge in [-0.15, -0.1) is 0 Å². The molecule has 1 fully saturated rings. The second kappa shape index (κ2) is 3.64. The number of hydrogen-bond acceptors (Lipinski definition) is 2. The van der Waals surface area contributed by atoms with E-state index in [-0.39, 0.29) is 6.61 Å². The Morgan fingerprint density at radius 2 is 2.38 bits per heavy atom. The monoisotopic (exact) mass is 198 g/mol. The van der Waals surface area contributed by atoms with Crippen LogP contribution in [0.2, 0.25) is 0 Å². The van der Waals surface area contributed by atoms with Crippen molar-refractivity contribution in [1.29, 1.82) is 0 Å². The number of aromatic nitrogens is 2. The van der Waals surface area contributed by atoms with E-state index in [1.165, 1.54) is 19.3 Å². The molecule has 0 aliphatic heterocycles. The van der Waals surface area contributed by atoms with Gasteiger partial charge < -0.3 is 14.7 Å². The highest BCUT2D eigenvalue weighted by molar-refractivity contribution is 7.71. The third-order valence-corrected chi connectivity index (χ3v) is 3.12. The number of nitrogens with one attached hydrogen (secondary N) is 1. The lowest BCUT2D eigenvalue weighted by Crippen LogP contribution is -2.19. The standard InChI is InChI=1S/C9H14N2OS/c12-6-8-4-10-9(13)11(8)5-7-2-1-3-7/h4,7,12H,1-3,5-6H2,(H,10,13). The Bertz CT molecular complexity index is 338. The fraction of sp³-hybridized carbons (Fsp3) is 0.667. The van der Waals surface area contributed by atoms with Crippen molar-refractivity contribution in [3.05, 3.63) is 16.7 Å². The summed E-state index contributed by atoms with van der Waals surface area (Å²) in [6.45, 7) is 1.04. The molecule has 0 spiro atoms. The highest BCUT2D eigenvalue weighted by Gasteiger charge is 2.19. The second-order valence-corrected chi connectivity index (χ2v) is 4.04. The molecule has 72 valence electrons. The van der Waals surface area contributed by atoms with Gasteiger partial charge >= 0.3 is 0 Å². The van der Waals surface area contributed by atoms with Gasteiger partial charge in [-0.3, -0.25) is 0 Å². The molecule has 0 bridgehead atoms. The zero-order valence-corrected chi connectivity index (χ0v) is 8.31. The molecule has 1 heterocycles. The van der Waals surface area contributed by atoms with Gasteiger partial charge in [0.15, 0.2) is 4.77 Å². The van der Waals surface area contributed by atoms with E-state index in [2.05, 4.69) is 4.98 Å². The molecule has 0 radical (unpaired) electrons. The molecule has 13 heavy (non-hydrogen) atoms. The number of imidazole rings is 1. The molecule has 1 aromatic rings. The quantitative estimate of drug-likeness (QED) is 0.728. The van der Waals surface area contributed by atoms with Crippen LogP contribution in [-0.4, -0.2) is 14.7 Å². The molecule has 0 atom stereocenters. The van der Waals surface area contributed by atoms with Crippen molar-refractivity contribution in [3.8, 4) is 0 Å². The number of hydrogen-bond donors (Lipinski definition) is 2. The first-order chi connectivity index (χ1) is 6.31. The van der Waals surface area contributed by atoms with E-state index in [1.54, 1.807) is 6.20 Å². The van der Waals surface area contributed by atoms with Crippen LogP contribution < -0.4 is 0 Å². The smallest absolute Gasteiger partial charge is 0.177 e.